The van der Waals surface area contributed by atoms with Crippen LogP contribution < -0.4 is 21.9 Å². The van der Waals surface area contributed by atoms with E-state index in [1.165, 1.54) is 16.2 Å². The number of rotatable bonds is 10. The molecule has 0 saturated heterocycles. The summed E-state index contributed by atoms with van der Waals surface area (Å²) in [7, 11) is 1.93. The van der Waals surface area contributed by atoms with Crippen molar-refractivity contribution in [2.75, 3.05) is 25.9 Å². The molecule has 45 heavy (non-hydrogen) atoms. The third kappa shape index (κ3) is 5.48. The van der Waals surface area contributed by atoms with Gasteiger partial charge in [0.05, 0.1) is 23.4 Å². The van der Waals surface area contributed by atoms with Crippen LogP contribution in [0.1, 0.15) is 35.4 Å². The van der Waals surface area contributed by atoms with E-state index in [0.717, 1.165) is 49.3 Å². The predicted molar refractivity (Wildman–Crippen MR) is 176 cm³/mol. The molecule has 0 spiro atoms. The molecule has 0 atom stereocenters. The van der Waals surface area contributed by atoms with Gasteiger partial charge in [0, 0.05) is 48.0 Å². The topological polar surface area (TPSA) is 134 Å². The van der Waals surface area contributed by atoms with E-state index in [4.69, 9.17) is 5.73 Å². The standard InChI is InChI=1S/C35H34FN7O2/c1-38-12-13-39-18-20-5-7-22(8-6-20)29-17-26-32(41-35(37)42-33(26)40-29)25-3-2-4-30(27(25)19-44)43-14-11-23-15-24(21-9-10-21)16-28(36)31(23)34(43)45/h2-8,11,14-17,21,38-39,44H,9-10,12-13,18-19H2,1H3,(H3,37,40,41,42). The summed E-state index contributed by atoms with van der Waals surface area (Å²) in [5.41, 5.74) is 12.2. The Labute approximate surface area is 259 Å². The molecule has 9 nitrogen and oxygen atoms in total. The molecule has 0 unspecified atom stereocenters. The minimum absolute atomic E-state index is 0.0277. The van der Waals surface area contributed by atoms with E-state index in [-0.39, 0.29) is 17.9 Å². The van der Waals surface area contributed by atoms with Crippen LogP contribution in [0.2, 0.25) is 0 Å². The number of likely N-dealkylation sites (N-methyl/N-ethyl adjacent to an activating group) is 1. The smallest absolute Gasteiger partial charge is 0.265 e. The third-order valence-electron chi connectivity index (χ3n) is 8.50. The number of nitrogen functional groups attached to an aromatic ring is 1. The van der Waals surface area contributed by atoms with Crippen molar-refractivity contribution in [3.63, 3.8) is 0 Å². The number of benzene rings is 3. The quantitative estimate of drug-likeness (QED) is 0.139. The Hall–Kier alpha value is -4.90. The number of nitrogens with one attached hydrogen (secondary N) is 3. The minimum Gasteiger partial charge on any atom is -0.392 e. The van der Waals surface area contributed by atoms with Gasteiger partial charge in [0.2, 0.25) is 5.95 Å². The number of hydrogen-bond acceptors (Lipinski definition) is 7. The number of fused-ring (bicyclic) bond motifs is 2. The summed E-state index contributed by atoms with van der Waals surface area (Å²) in [5, 5.41) is 18.5. The number of pyridine rings is 1. The molecule has 0 radical (unpaired) electrons. The van der Waals surface area contributed by atoms with Gasteiger partial charge in [-0.15, -0.1) is 0 Å². The molecule has 3 heterocycles. The van der Waals surface area contributed by atoms with E-state index in [9.17, 15) is 9.90 Å². The fourth-order valence-electron chi connectivity index (χ4n) is 6.02. The van der Waals surface area contributed by atoms with E-state index in [1.807, 2.05) is 25.2 Å². The lowest BCUT2D eigenvalue weighted by Crippen LogP contribution is -2.24. The molecule has 1 aliphatic carbocycles. The highest BCUT2D eigenvalue weighted by Crippen LogP contribution is 2.41. The van der Waals surface area contributed by atoms with Crippen LogP contribution in [0.4, 0.5) is 10.3 Å². The normalized spacial score (nSPS) is 13.2. The van der Waals surface area contributed by atoms with Crippen LogP contribution in [0.5, 0.6) is 0 Å². The first-order chi connectivity index (χ1) is 21.9. The summed E-state index contributed by atoms with van der Waals surface area (Å²) < 4.78 is 16.7. The summed E-state index contributed by atoms with van der Waals surface area (Å²) >= 11 is 0. The number of aromatic nitrogens is 4. The Morgan fingerprint density at radius 1 is 1.07 bits per heavy atom. The lowest BCUT2D eigenvalue weighted by Gasteiger charge is -2.16. The van der Waals surface area contributed by atoms with Crippen molar-refractivity contribution in [3.05, 3.63) is 106 Å². The van der Waals surface area contributed by atoms with Crippen molar-refractivity contribution >= 4 is 27.8 Å². The van der Waals surface area contributed by atoms with E-state index >= 15 is 4.39 Å². The van der Waals surface area contributed by atoms with Crippen LogP contribution in [-0.4, -0.2) is 44.8 Å². The SMILES string of the molecule is CNCCNCc1ccc(-c2cc3c(-c4cccc(-n5ccc6cc(C7CC7)cc(F)c6c5=O)c4CO)nc(N)nc3[nH]2)cc1. The molecule has 1 fully saturated rings. The molecular formula is C35H34FN7O2. The highest BCUT2D eigenvalue weighted by atomic mass is 19.1. The molecule has 3 aromatic carbocycles. The molecule has 1 aliphatic rings. The van der Waals surface area contributed by atoms with Crippen molar-refractivity contribution in [2.45, 2.75) is 31.9 Å². The van der Waals surface area contributed by atoms with Gasteiger partial charge >= 0.3 is 0 Å². The number of aromatic amines is 1. The Bertz CT molecular complexity index is 2100. The van der Waals surface area contributed by atoms with E-state index in [0.29, 0.717) is 44.8 Å². The first-order valence-electron chi connectivity index (χ1n) is 15.1. The van der Waals surface area contributed by atoms with Crippen LogP contribution in [0.25, 0.3) is 50.0 Å². The zero-order chi connectivity index (χ0) is 31.1. The van der Waals surface area contributed by atoms with Crippen molar-refractivity contribution in [2.24, 2.45) is 0 Å². The Morgan fingerprint density at radius 3 is 2.64 bits per heavy atom. The molecule has 7 rings (SSSR count). The van der Waals surface area contributed by atoms with Crippen molar-refractivity contribution in [1.82, 2.24) is 30.2 Å². The van der Waals surface area contributed by atoms with Crippen molar-refractivity contribution in [1.29, 1.82) is 0 Å². The molecule has 0 bridgehead atoms. The van der Waals surface area contributed by atoms with Gasteiger partial charge in [0.1, 0.15) is 11.5 Å². The molecular weight excluding hydrogens is 569 g/mol. The third-order valence-corrected chi connectivity index (χ3v) is 8.50. The average Bonchev–Trinajstić information content (AvgIpc) is 3.81. The monoisotopic (exact) mass is 603 g/mol. The number of hydrogen-bond donors (Lipinski definition) is 5. The van der Waals surface area contributed by atoms with Crippen LogP contribution in [0.15, 0.2) is 77.7 Å². The number of aliphatic hydroxyl groups is 1. The Balaban J connectivity index is 1.29. The second-order valence-electron chi connectivity index (χ2n) is 11.5. The van der Waals surface area contributed by atoms with Gasteiger partial charge in [-0.3, -0.25) is 9.36 Å². The van der Waals surface area contributed by atoms with Crippen LogP contribution >= 0.6 is 0 Å². The number of nitrogens with two attached hydrogens (primary N) is 1. The maximum Gasteiger partial charge on any atom is 0.265 e. The van der Waals surface area contributed by atoms with E-state index in [1.54, 1.807) is 24.4 Å². The van der Waals surface area contributed by atoms with Crippen molar-refractivity contribution in [3.8, 4) is 28.2 Å². The van der Waals surface area contributed by atoms with Gasteiger partial charge in [-0.1, -0.05) is 42.5 Å². The lowest BCUT2D eigenvalue weighted by atomic mass is 9.99. The second-order valence-corrected chi connectivity index (χ2v) is 11.5. The van der Waals surface area contributed by atoms with Gasteiger partial charge in [-0.2, -0.15) is 4.98 Å². The number of halogens is 1. The van der Waals surface area contributed by atoms with Gasteiger partial charge in [-0.25, -0.2) is 9.37 Å². The Kier molecular flexibility index (Phi) is 7.62. The summed E-state index contributed by atoms with van der Waals surface area (Å²) in [5.74, 6) is -0.0942. The van der Waals surface area contributed by atoms with Crippen LogP contribution in [0.3, 0.4) is 0 Å². The van der Waals surface area contributed by atoms with Crippen LogP contribution in [0, 0.1) is 5.82 Å². The molecule has 6 aromatic rings. The summed E-state index contributed by atoms with van der Waals surface area (Å²) in [4.78, 5) is 26.1. The highest BCUT2D eigenvalue weighted by Gasteiger charge is 2.25. The Morgan fingerprint density at radius 2 is 1.89 bits per heavy atom. The van der Waals surface area contributed by atoms with Crippen LogP contribution in [-0.2, 0) is 13.2 Å². The largest absolute Gasteiger partial charge is 0.392 e. The number of anilines is 1. The molecule has 10 heteroatoms. The molecule has 0 aliphatic heterocycles. The number of H-pyrrole nitrogens is 1. The van der Waals surface area contributed by atoms with Gasteiger partial charge in [-0.05, 0) is 72.1 Å². The molecule has 6 N–H and O–H groups in total. The first kappa shape index (κ1) is 28.8. The predicted octanol–water partition coefficient (Wildman–Crippen LogP) is 5.00. The van der Waals surface area contributed by atoms with Crippen molar-refractivity contribution < 1.29 is 9.50 Å². The van der Waals surface area contributed by atoms with Gasteiger partial charge < -0.3 is 26.5 Å². The fourth-order valence-corrected chi connectivity index (χ4v) is 6.02. The highest BCUT2D eigenvalue weighted by molar-refractivity contribution is 5.96. The number of aliphatic hydroxyl groups excluding tert-OH is 1. The molecule has 0 amide bonds. The minimum atomic E-state index is -0.529. The molecule has 228 valence electrons. The molecule has 1 saturated carbocycles. The van der Waals surface area contributed by atoms with Gasteiger partial charge in [0.25, 0.3) is 5.56 Å². The lowest BCUT2D eigenvalue weighted by molar-refractivity contribution is 0.282. The van der Waals surface area contributed by atoms with E-state index < -0.39 is 11.4 Å². The summed E-state index contributed by atoms with van der Waals surface area (Å²) in [6.07, 6.45) is 3.72. The zero-order valence-electron chi connectivity index (χ0n) is 24.9. The van der Waals surface area contributed by atoms with Gasteiger partial charge in [0.15, 0.2) is 0 Å². The maximum absolute atomic E-state index is 15.3. The van der Waals surface area contributed by atoms with E-state index in [2.05, 4.69) is 49.9 Å². The average molecular weight is 604 g/mol. The second kappa shape index (κ2) is 11.9. The zero-order valence-corrected chi connectivity index (χ0v) is 24.9. The first-order valence-corrected chi connectivity index (χ1v) is 15.1. The maximum atomic E-state index is 15.3. The number of nitrogens with zero attached hydrogens (tertiary/aromatic N) is 3. The summed E-state index contributed by atoms with van der Waals surface area (Å²) in [6.45, 7) is 2.17. The molecule has 3 aromatic heterocycles. The summed E-state index contributed by atoms with van der Waals surface area (Å²) in [6, 6.07) is 20.7. The fraction of sp³-hybridized carbons (Fsp3) is 0.229.